The first kappa shape index (κ1) is 24.6. The maximum Gasteiger partial charge on any atom is 0.194 e. The first-order valence-electron chi connectivity index (χ1n) is 9.17. The van der Waals surface area contributed by atoms with Crippen LogP contribution in [0.2, 0.25) is 0 Å². The lowest BCUT2D eigenvalue weighted by Crippen LogP contribution is -2.57. The number of halogens is 1. The summed E-state index contributed by atoms with van der Waals surface area (Å²) in [6, 6.07) is 0. The van der Waals surface area contributed by atoms with Crippen molar-refractivity contribution in [2.45, 2.75) is 58.1 Å². The third-order valence-corrected chi connectivity index (χ3v) is 8.03. The van der Waals surface area contributed by atoms with E-state index in [9.17, 15) is 8.42 Å². The Morgan fingerprint density at radius 2 is 2.07 bits per heavy atom. The summed E-state index contributed by atoms with van der Waals surface area (Å²) in [7, 11) is -3.05. The Hall–Kier alpha value is -0.420. The van der Waals surface area contributed by atoms with Crippen LogP contribution in [0.1, 0.15) is 52.2 Å². The molecular formula is C18H33IN4O2S2. The predicted octanol–water partition coefficient (Wildman–Crippen LogP) is 3.08. The molecule has 2 heterocycles. The highest BCUT2D eigenvalue weighted by Crippen LogP contribution is 2.25. The van der Waals surface area contributed by atoms with E-state index in [1.807, 2.05) is 6.92 Å². The van der Waals surface area contributed by atoms with Crippen LogP contribution < -0.4 is 5.32 Å². The second kappa shape index (κ2) is 9.39. The maximum atomic E-state index is 12.2. The molecule has 1 aromatic heterocycles. The molecule has 0 radical (unpaired) electrons. The molecule has 9 heteroatoms. The van der Waals surface area contributed by atoms with Gasteiger partial charge in [0, 0.05) is 43.4 Å². The maximum absolute atomic E-state index is 12.2. The van der Waals surface area contributed by atoms with Gasteiger partial charge in [-0.05, 0) is 20.8 Å². The molecular weight excluding hydrogens is 495 g/mol. The summed E-state index contributed by atoms with van der Waals surface area (Å²) in [6.07, 6.45) is 0.797. The molecule has 0 atom stereocenters. The zero-order valence-electron chi connectivity index (χ0n) is 17.2. The number of sulfone groups is 1. The lowest BCUT2D eigenvalue weighted by Gasteiger charge is -2.39. The Morgan fingerprint density at radius 1 is 1.41 bits per heavy atom. The Labute approximate surface area is 185 Å². The molecule has 0 aromatic carbocycles. The fourth-order valence-corrected chi connectivity index (χ4v) is 5.16. The van der Waals surface area contributed by atoms with Crippen molar-refractivity contribution in [3.8, 4) is 0 Å². The third kappa shape index (κ3) is 6.28. The number of hydrogen-bond acceptors (Lipinski definition) is 5. The third-order valence-electron chi connectivity index (χ3n) is 4.59. The summed E-state index contributed by atoms with van der Waals surface area (Å²) < 4.78 is 23.7. The van der Waals surface area contributed by atoms with Crippen LogP contribution in [-0.2, 0) is 21.7 Å². The normalized spacial score (nSPS) is 19.5. The van der Waals surface area contributed by atoms with Crippen LogP contribution in [0.5, 0.6) is 0 Å². The van der Waals surface area contributed by atoms with Crippen molar-refractivity contribution in [2.24, 2.45) is 4.99 Å². The smallest absolute Gasteiger partial charge is 0.194 e. The molecule has 1 N–H and O–H groups in total. The topological polar surface area (TPSA) is 74.7 Å². The fourth-order valence-electron chi connectivity index (χ4n) is 2.78. The minimum atomic E-state index is -3.05. The van der Waals surface area contributed by atoms with E-state index in [-0.39, 0.29) is 35.1 Å². The van der Waals surface area contributed by atoms with Crippen molar-refractivity contribution in [2.75, 3.05) is 31.9 Å². The van der Waals surface area contributed by atoms with Gasteiger partial charge < -0.3 is 10.2 Å². The highest BCUT2D eigenvalue weighted by atomic mass is 127. The van der Waals surface area contributed by atoms with Crippen molar-refractivity contribution in [3.63, 3.8) is 0 Å². The quantitative estimate of drug-likeness (QED) is 0.370. The summed E-state index contributed by atoms with van der Waals surface area (Å²) >= 11 is 1.68. The second-order valence-corrected chi connectivity index (χ2v) is 12.0. The van der Waals surface area contributed by atoms with Crippen molar-refractivity contribution >= 4 is 51.1 Å². The number of guanidine groups is 1. The van der Waals surface area contributed by atoms with E-state index in [1.54, 1.807) is 25.2 Å². The van der Waals surface area contributed by atoms with Gasteiger partial charge in [-0.3, -0.25) is 4.99 Å². The van der Waals surface area contributed by atoms with Gasteiger partial charge in [0.25, 0.3) is 0 Å². The van der Waals surface area contributed by atoms with Crippen LogP contribution in [0, 0.1) is 0 Å². The summed E-state index contributed by atoms with van der Waals surface area (Å²) in [6.45, 7) is 14.5. The van der Waals surface area contributed by atoms with Crippen LogP contribution in [0.15, 0.2) is 10.4 Å². The molecule has 0 amide bonds. The average Bonchev–Trinajstić information content (AvgIpc) is 2.98. The molecule has 0 unspecified atom stereocenters. The van der Waals surface area contributed by atoms with Crippen LogP contribution in [0.3, 0.4) is 0 Å². The standard InChI is InChI=1S/C18H32N4O2S2.HI/c1-7-19-16(22-10-11-26(23,24)18(5,6)13-22)20-9-8-15-21-14(12-25-15)17(2,3)4;/h12H,7-11,13H2,1-6H3,(H,19,20);1H. The van der Waals surface area contributed by atoms with Crippen LogP contribution >= 0.6 is 35.3 Å². The number of thiazole rings is 1. The second-order valence-electron chi connectivity index (χ2n) is 8.36. The van der Waals surface area contributed by atoms with Crippen LogP contribution in [0.25, 0.3) is 0 Å². The van der Waals surface area contributed by atoms with Gasteiger partial charge in [-0.25, -0.2) is 13.4 Å². The van der Waals surface area contributed by atoms with Gasteiger partial charge >= 0.3 is 0 Å². The molecule has 0 spiro atoms. The Balaban J connectivity index is 0.00000364. The van der Waals surface area contributed by atoms with E-state index in [4.69, 9.17) is 9.98 Å². The zero-order chi connectivity index (χ0) is 19.6. The van der Waals surface area contributed by atoms with E-state index in [0.29, 0.717) is 19.6 Å². The highest BCUT2D eigenvalue weighted by Gasteiger charge is 2.40. The molecule has 0 saturated carbocycles. The van der Waals surface area contributed by atoms with Crippen molar-refractivity contribution in [3.05, 3.63) is 16.1 Å². The molecule has 27 heavy (non-hydrogen) atoms. The van der Waals surface area contributed by atoms with Gasteiger partial charge in [0.05, 0.1) is 21.2 Å². The molecule has 1 aliphatic rings. The van der Waals surface area contributed by atoms with E-state index in [2.05, 4.69) is 36.4 Å². The average molecular weight is 529 g/mol. The zero-order valence-corrected chi connectivity index (χ0v) is 21.2. The van der Waals surface area contributed by atoms with Crippen LogP contribution in [-0.4, -0.2) is 60.9 Å². The SMILES string of the molecule is CCNC(=NCCc1nc(C(C)(C)C)cs1)N1CCS(=O)(=O)C(C)(C)C1.I. The predicted molar refractivity (Wildman–Crippen MR) is 125 cm³/mol. The number of nitrogens with zero attached hydrogens (tertiary/aromatic N) is 3. The van der Waals surface area contributed by atoms with Gasteiger partial charge in [0.15, 0.2) is 15.8 Å². The Bertz CT molecular complexity index is 752. The van der Waals surface area contributed by atoms with Gasteiger partial charge in [-0.2, -0.15) is 0 Å². The minimum Gasteiger partial charge on any atom is -0.357 e. The largest absolute Gasteiger partial charge is 0.357 e. The molecule has 1 fully saturated rings. The molecule has 156 valence electrons. The Morgan fingerprint density at radius 3 is 2.59 bits per heavy atom. The van der Waals surface area contributed by atoms with Gasteiger partial charge in [-0.1, -0.05) is 20.8 Å². The van der Waals surface area contributed by atoms with Crippen molar-refractivity contribution in [1.29, 1.82) is 0 Å². The van der Waals surface area contributed by atoms with E-state index in [0.717, 1.165) is 29.6 Å². The first-order valence-corrected chi connectivity index (χ1v) is 11.7. The number of aliphatic imine (C=N–C) groups is 1. The highest BCUT2D eigenvalue weighted by molar-refractivity contribution is 14.0. The molecule has 1 saturated heterocycles. The monoisotopic (exact) mass is 528 g/mol. The molecule has 0 bridgehead atoms. The first-order chi connectivity index (χ1) is 12.0. The van der Waals surface area contributed by atoms with Crippen LogP contribution in [0.4, 0.5) is 0 Å². The number of rotatable bonds is 4. The lowest BCUT2D eigenvalue weighted by molar-refractivity contribution is 0.353. The van der Waals surface area contributed by atoms with Crippen molar-refractivity contribution < 1.29 is 8.42 Å². The van der Waals surface area contributed by atoms with E-state index >= 15 is 0 Å². The molecule has 2 rings (SSSR count). The number of hydrogen-bond donors (Lipinski definition) is 1. The van der Waals surface area contributed by atoms with Gasteiger partial charge in [0.1, 0.15) is 0 Å². The van der Waals surface area contributed by atoms with E-state index in [1.165, 1.54) is 0 Å². The minimum absolute atomic E-state index is 0. The molecule has 6 nitrogen and oxygen atoms in total. The van der Waals surface area contributed by atoms with Gasteiger partial charge in [0.2, 0.25) is 0 Å². The van der Waals surface area contributed by atoms with Gasteiger partial charge in [-0.15, -0.1) is 35.3 Å². The Kier molecular flexibility index (Phi) is 8.56. The fraction of sp³-hybridized carbons (Fsp3) is 0.778. The lowest BCUT2D eigenvalue weighted by atomic mass is 9.93. The molecule has 1 aromatic rings. The number of nitrogens with one attached hydrogen (secondary N) is 1. The van der Waals surface area contributed by atoms with E-state index < -0.39 is 14.6 Å². The van der Waals surface area contributed by atoms with Crippen molar-refractivity contribution in [1.82, 2.24) is 15.2 Å². The summed E-state index contributed by atoms with van der Waals surface area (Å²) in [5, 5.41) is 6.52. The summed E-state index contributed by atoms with van der Waals surface area (Å²) in [5.41, 5.74) is 1.19. The molecule has 1 aliphatic heterocycles. The number of aromatic nitrogens is 1. The molecule has 0 aliphatic carbocycles. The summed E-state index contributed by atoms with van der Waals surface area (Å²) in [5.74, 6) is 0.967. The summed E-state index contributed by atoms with van der Waals surface area (Å²) in [4.78, 5) is 11.5.